The summed E-state index contributed by atoms with van der Waals surface area (Å²) in [6.45, 7) is 5.14. The van der Waals surface area contributed by atoms with Gasteiger partial charge in [0.2, 0.25) is 11.8 Å². The number of ether oxygens (including phenoxy) is 2. The number of aldehydes is 1. The summed E-state index contributed by atoms with van der Waals surface area (Å²) in [5.41, 5.74) is 1.08. The van der Waals surface area contributed by atoms with Gasteiger partial charge in [0.05, 0.1) is 23.3 Å². The van der Waals surface area contributed by atoms with Gasteiger partial charge in [-0.1, -0.05) is 20.3 Å². The van der Waals surface area contributed by atoms with Crippen LogP contribution < -0.4 is 14.8 Å². The van der Waals surface area contributed by atoms with Gasteiger partial charge in [-0.2, -0.15) is 0 Å². The number of amides is 2. The molecule has 1 aromatic rings. The molecule has 42 heavy (non-hydrogen) atoms. The van der Waals surface area contributed by atoms with E-state index in [1.54, 1.807) is 18.2 Å². The number of benzene rings is 1. The van der Waals surface area contributed by atoms with E-state index in [1.807, 2.05) is 4.90 Å². The molecule has 2 bridgehead atoms. The summed E-state index contributed by atoms with van der Waals surface area (Å²) < 4.78 is 12.5. The zero-order valence-electron chi connectivity index (χ0n) is 24.7. The van der Waals surface area contributed by atoms with Crippen molar-refractivity contribution < 1.29 is 34.1 Å². The standard InChI is InChI=1S/C32H43IN2O7/c1-32(2)22-8-7-20(23(32)15-22)16-35(31(40)19-5-4-6-19)25-13-21(30(39)34-9-10-36)14-26(28(25)38)42-29-24(33)11-18(17-37)12-27(29)41-3/h11-12,14,17,19-20,22-23,25-26,28,36,38H,4-10,13,15-16H2,1-3H3,(H,34,39). The number of halogens is 1. The molecule has 6 unspecified atom stereocenters. The van der Waals surface area contributed by atoms with E-state index in [1.165, 1.54) is 13.5 Å². The lowest BCUT2D eigenvalue weighted by Gasteiger charge is -2.61. The lowest BCUT2D eigenvalue weighted by molar-refractivity contribution is -0.154. The van der Waals surface area contributed by atoms with Gasteiger partial charge in [-0.3, -0.25) is 14.4 Å². The smallest absolute Gasteiger partial charge is 0.247 e. The van der Waals surface area contributed by atoms with Gasteiger partial charge in [0.15, 0.2) is 11.5 Å². The molecule has 1 aromatic carbocycles. The Morgan fingerprint density at radius 2 is 1.98 bits per heavy atom. The van der Waals surface area contributed by atoms with Crippen LogP contribution in [-0.4, -0.2) is 78.3 Å². The predicted octanol–water partition coefficient (Wildman–Crippen LogP) is 3.73. The third-order valence-corrected chi connectivity index (χ3v) is 11.2. The fraction of sp³-hybridized carbons (Fsp3) is 0.656. The molecule has 0 spiro atoms. The van der Waals surface area contributed by atoms with Crippen molar-refractivity contribution >= 4 is 40.7 Å². The van der Waals surface area contributed by atoms with Crippen LogP contribution in [-0.2, 0) is 9.59 Å². The molecule has 230 valence electrons. The fourth-order valence-electron chi connectivity index (χ4n) is 7.55. The molecule has 0 aromatic heterocycles. The van der Waals surface area contributed by atoms with Gasteiger partial charge in [0, 0.05) is 36.6 Å². The Hall–Kier alpha value is -2.18. The minimum absolute atomic E-state index is 0.0582. The number of hydrogen-bond donors (Lipinski definition) is 3. The number of carbonyl (C=O) groups excluding carboxylic acids is 3. The van der Waals surface area contributed by atoms with E-state index < -0.39 is 18.2 Å². The van der Waals surface area contributed by atoms with Gasteiger partial charge >= 0.3 is 0 Å². The number of aliphatic hydroxyl groups excluding tert-OH is 2. The van der Waals surface area contributed by atoms with Crippen LogP contribution in [0, 0.1) is 32.7 Å². The predicted molar refractivity (Wildman–Crippen MR) is 165 cm³/mol. The molecule has 0 aliphatic heterocycles. The molecule has 5 aliphatic rings. The summed E-state index contributed by atoms with van der Waals surface area (Å²) in [7, 11) is 1.48. The van der Waals surface area contributed by atoms with E-state index in [2.05, 4.69) is 41.8 Å². The molecule has 9 nitrogen and oxygen atoms in total. The Bertz CT molecular complexity index is 1230. The molecule has 2 amide bonds. The van der Waals surface area contributed by atoms with Crippen molar-refractivity contribution in [2.24, 2.45) is 29.1 Å². The number of nitrogens with zero attached hydrogens (tertiary/aromatic N) is 1. The van der Waals surface area contributed by atoms with Crippen molar-refractivity contribution in [3.05, 3.63) is 32.9 Å². The van der Waals surface area contributed by atoms with E-state index in [4.69, 9.17) is 9.47 Å². The second-order valence-corrected chi connectivity index (χ2v) is 14.1. The molecule has 10 heteroatoms. The third kappa shape index (κ3) is 5.95. The average Bonchev–Trinajstić information content (AvgIpc) is 2.95. The highest BCUT2D eigenvalue weighted by Gasteiger charge is 2.55. The third-order valence-electron chi connectivity index (χ3n) is 10.4. The van der Waals surface area contributed by atoms with E-state index in [0.717, 1.165) is 44.3 Å². The monoisotopic (exact) mass is 694 g/mol. The molecule has 0 heterocycles. The normalized spacial score (nSPS) is 29.8. The van der Waals surface area contributed by atoms with Crippen LogP contribution in [0.3, 0.4) is 0 Å². The summed E-state index contributed by atoms with van der Waals surface area (Å²) in [5.74, 6) is 1.95. The number of methoxy groups -OCH3 is 1. The molecule has 3 N–H and O–H groups in total. The van der Waals surface area contributed by atoms with E-state index in [9.17, 15) is 24.6 Å². The average molecular weight is 695 g/mol. The van der Waals surface area contributed by atoms with Gasteiger partial charge in [-0.15, -0.1) is 0 Å². The van der Waals surface area contributed by atoms with Crippen LogP contribution in [0.25, 0.3) is 0 Å². The summed E-state index contributed by atoms with van der Waals surface area (Å²) in [6, 6.07) is 2.58. The zero-order chi connectivity index (χ0) is 30.2. The Morgan fingerprint density at radius 3 is 2.57 bits per heavy atom. The van der Waals surface area contributed by atoms with Crippen LogP contribution >= 0.6 is 22.6 Å². The maximum Gasteiger partial charge on any atom is 0.247 e. The maximum absolute atomic E-state index is 14.0. The van der Waals surface area contributed by atoms with Crippen LogP contribution in [0.1, 0.15) is 69.2 Å². The number of nitrogens with one attached hydrogen (secondary N) is 1. The van der Waals surface area contributed by atoms with Crippen LogP contribution in [0.15, 0.2) is 23.8 Å². The maximum atomic E-state index is 14.0. The zero-order valence-corrected chi connectivity index (χ0v) is 26.8. The molecule has 4 fully saturated rings. The van der Waals surface area contributed by atoms with Crippen molar-refractivity contribution in [3.8, 4) is 11.5 Å². The SMILES string of the molecule is COc1cc(C=O)cc(I)c1OC1C=C(C(=O)NCCO)CC(N(CC2CCC3CC2C3(C)C)C(=O)C2CCC2)C1O. The number of hydrogen-bond acceptors (Lipinski definition) is 7. The summed E-state index contributed by atoms with van der Waals surface area (Å²) >= 11 is 2.06. The molecule has 6 atom stereocenters. The molecule has 4 saturated carbocycles. The lowest BCUT2D eigenvalue weighted by Crippen LogP contribution is -2.60. The first-order valence-corrected chi connectivity index (χ1v) is 16.2. The van der Waals surface area contributed by atoms with Gasteiger partial charge in [0.25, 0.3) is 0 Å². The van der Waals surface area contributed by atoms with Crippen LogP contribution in [0.2, 0.25) is 0 Å². The lowest BCUT2D eigenvalue weighted by atomic mass is 9.45. The first kappa shape index (κ1) is 31.3. The quantitative estimate of drug-likeness (QED) is 0.238. The summed E-state index contributed by atoms with van der Waals surface area (Å²) in [4.78, 5) is 40.6. The molecule has 6 rings (SSSR count). The Balaban J connectivity index is 1.48. The summed E-state index contributed by atoms with van der Waals surface area (Å²) in [6.07, 6.45) is 6.61. The molecular weight excluding hydrogens is 651 g/mol. The van der Waals surface area contributed by atoms with E-state index in [-0.39, 0.29) is 42.7 Å². The second kappa shape index (κ2) is 12.8. The van der Waals surface area contributed by atoms with Crippen molar-refractivity contribution in [3.63, 3.8) is 0 Å². The minimum Gasteiger partial charge on any atom is -0.493 e. The van der Waals surface area contributed by atoms with Crippen molar-refractivity contribution in [2.45, 2.75) is 77.0 Å². The van der Waals surface area contributed by atoms with Crippen molar-refractivity contribution in [1.29, 1.82) is 0 Å². The van der Waals surface area contributed by atoms with Crippen molar-refractivity contribution in [2.75, 3.05) is 26.8 Å². The molecule has 0 radical (unpaired) electrons. The minimum atomic E-state index is -1.10. The largest absolute Gasteiger partial charge is 0.493 e. The number of fused-ring (bicyclic) bond motifs is 2. The molecular formula is C32H43IN2O7. The highest BCUT2D eigenvalue weighted by molar-refractivity contribution is 14.1. The molecule has 0 saturated heterocycles. The van der Waals surface area contributed by atoms with Crippen molar-refractivity contribution in [1.82, 2.24) is 10.2 Å². The Labute approximate surface area is 261 Å². The number of rotatable bonds is 11. The number of aliphatic hydroxyl groups is 2. The Morgan fingerprint density at radius 1 is 1.21 bits per heavy atom. The van der Waals surface area contributed by atoms with E-state index >= 15 is 0 Å². The van der Waals surface area contributed by atoms with Gasteiger partial charge in [-0.25, -0.2) is 0 Å². The number of carbonyl (C=O) groups is 3. The Kier molecular flexibility index (Phi) is 9.54. The van der Waals surface area contributed by atoms with Crippen LogP contribution in [0.5, 0.6) is 11.5 Å². The highest BCUT2D eigenvalue weighted by atomic mass is 127. The fourth-order valence-corrected chi connectivity index (χ4v) is 8.30. The van der Waals surface area contributed by atoms with E-state index in [0.29, 0.717) is 44.6 Å². The van der Waals surface area contributed by atoms with Gasteiger partial charge < -0.3 is 29.9 Å². The first-order chi connectivity index (χ1) is 20.1. The molecule has 5 aliphatic carbocycles. The summed E-state index contributed by atoms with van der Waals surface area (Å²) in [5, 5.41) is 23.9. The van der Waals surface area contributed by atoms with Gasteiger partial charge in [0.1, 0.15) is 18.5 Å². The highest BCUT2D eigenvalue weighted by Crippen LogP contribution is 2.61. The topological polar surface area (TPSA) is 125 Å². The van der Waals surface area contributed by atoms with Gasteiger partial charge in [-0.05, 0) is 96.1 Å². The first-order valence-electron chi connectivity index (χ1n) is 15.2. The second-order valence-electron chi connectivity index (χ2n) is 13.0. The van der Waals surface area contributed by atoms with Crippen LogP contribution in [0.4, 0.5) is 0 Å².